The molecule has 0 aromatic heterocycles. The molecule has 2 N–H and O–H groups in total. The fourth-order valence-electron chi connectivity index (χ4n) is 2.06. The van der Waals surface area contributed by atoms with Gasteiger partial charge in [-0.05, 0) is 19.9 Å². The largest absolute Gasteiger partial charge is 0.323 e. The van der Waals surface area contributed by atoms with Gasteiger partial charge in [0, 0.05) is 18.2 Å². The molecule has 0 saturated carbocycles. The Labute approximate surface area is 102 Å². The summed E-state index contributed by atoms with van der Waals surface area (Å²) in [6.07, 6.45) is 0.637. The number of carbonyl (C=O) groups is 1. The van der Waals surface area contributed by atoms with Crippen molar-refractivity contribution in [3.63, 3.8) is 0 Å². The maximum Gasteiger partial charge on any atom is 0.229 e. The summed E-state index contributed by atoms with van der Waals surface area (Å²) in [6.45, 7) is 2.55. The zero-order chi connectivity index (χ0) is 13.3. The third kappa shape index (κ3) is 2.48. The SMILES string of the molecule is CC1NCCC1C(=O)Nc1cc(F)c(F)cc1F. The van der Waals surface area contributed by atoms with Crippen molar-refractivity contribution in [1.82, 2.24) is 5.32 Å². The average molecular weight is 258 g/mol. The van der Waals surface area contributed by atoms with Crippen molar-refractivity contribution in [3.8, 4) is 0 Å². The van der Waals surface area contributed by atoms with Crippen molar-refractivity contribution in [2.24, 2.45) is 5.92 Å². The average Bonchev–Trinajstić information content (AvgIpc) is 2.72. The van der Waals surface area contributed by atoms with Crippen LogP contribution in [0.25, 0.3) is 0 Å². The fourth-order valence-corrected chi connectivity index (χ4v) is 2.06. The summed E-state index contributed by atoms with van der Waals surface area (Å²) in [5.74, 6) is -4.14. The van der Waals surface area contributed by atoms with Crippen LogP contribution >= 0.6 is 0 Å². The van der Waals surface area contributed by atoms with Crippen LogP contribution in [0.15, 0.2) is 12.1 Å². The lowest BCUT2D eigenvalue weighted by molar-refractivity contribution is -0.120. The zero-order valence-electron chi connectivity index (χ0n) is 9.77. The molecule has 2 unspecified atom stereocenters. The lowest BCUT2D eigenvalue weighted by Gasteiger charge is -2.15. The predicted octanol–water partition coefficient (Wildman–Crippen LogP) is 2.04. The minimum absolute atomic E-state index is 0.0154. The monoisotopic (exact) mass is 258 g/mol. The molecule has 2 rings (SSSR count). The van der Waals surface area contributed by atoms with Crippen molar-refractivity contribution in [2.75, 3.05) is 11.9 Å². The van der Waals surface area contributed by atoms with E-state index in [-0.39, 0.29) is 17.6 Å². The van der Waals surface area contributed by atoms with Gasteiger partial charge in [-0.15, -0.1) is 0 Å². The molecule has 1 aromatic rings. The smallest absolute Gasteiger partial charge is 0.229 e. The summed E-state index contributed by atoms with van der Waals surface area (Å²) in [5, 5.41) is 5.37. The third-order valence-corrected chi connectivity index (χ3v) is 3.13. The Hall–Kier alpha value is -1.56. The second kappa shape index (κ2) is 4.97. The van der Waals surface area contributed by atoms with Crippen LogP contribution in [-0.4, -0.2) is 18.5 Å². The van der Waals surface area contributed by atoms with E-state index in [1.165, 1.54) is 0 Å². The van der Waals surface area contributed by atoms with E-state index in [2.05, 4.69) is 10.6 Å². The number of rotatable bonds is 2. The topological polar surface area (TPSA) is 41.1 Å². The van der Waals surface area contributed by atoms with Gasteiger partial charge in [0.25, 0.3) is 0 Å². The van der Waals surface area contributed by atoms with Gasteiger partial charge in [-0.25, -0.2) is 13.2 Å². The summed E-state index contributed by atoms with van der Waals surface area (Å²) >= 11 is 0. The quantitative estimate of drug-likeness (QED) is 0.797. The molecular weight excluding hydrogens is 245 g/mol. The number of anilines is 1. The van der Waals surface area contributed by atoms with Gasteiger partial charge in [-0.2, -0.15) is 0 Å². The van der Waals surface area contributed by atoms with Crippen molar-refractivity contribution in [1.29, 1.82) is 0 Å². The van der Waals surface area contributed by atoms with Gasteiger partial charge in [-0.3, -0.25) is 4.79 Å². The van der Waals surface area contributed by atoms with E-state index >= 15 is 0 Å². The van der Waals surface area contributed by atoms with Gasteiger partial charge in [0.1, 0.15) is 5.82 Å². The Balaban J connectivity index is 2.14. The highest BCUT2D eigenvalue weighted by atomic mass is 19.2. The molecule has 1 saturated heterocycles. The molecule has 2 atom stereocenters. The Morgan fingerprint density at radius 1 is 1.28 bits per heavy atom. The summed E-state index contributed by atoms with van der Waals surface area (Å²) in [6, 6.07) is 1.05. The summed E-state index contributed by atoms with van der Waals surface area (Å²) < 4.78 is 39.0. The van der Waals surface area contributed by atoms with Gasteiger partial charge in [0.15, 0.2) is 11.6 Å². The molecule has 1 aliphatic rings. The van der Waals surface area contributed by atoms with Crippen LogP contribution in [0.1, 0.15) is 13.3 Å². The minimum Gasteiger partial charge on any atom is -0.323 e. The molecule has 0 bridgehead atoms. The molecule has 98 valence electrons. The number of hydrogen-bond donors (Lipinski definition) is 2. The van der Waals surface area contributed by atoms with E-state index in [0.29, 0.717) is 25.1 Å². The van der Waals surface area contributed by atoms with E-state index in [4.69, 9.17) is 0 Å². The van der Waals surface area contributed by atoms with Gasteiger partial charge < -0.3 is 10.6 Å². The fraction of sp³-hybridized carbons (Fsp3) is 0.417. The van der Waals surface area contributed by atoms with Gasteiger partial charge in [0.2, 0.25) is 5.91 Å². The molecule has 0 radical (unpaired) electrons. The Morgan fingerprint density at radius 3 is 2.56 bits per heavy atom. The number of hydrogen-bond acceptors (Lipinski definition) is 2. The second-order valence-electron chi connectivity index (χ2n) is 4.37. The van der Waals surface area contributed by atoms with Gasteiger partial charge in [-0.1, -0.05) is 0 Å². The lowest BCUT2D eigenvalue weighted by atomic mass is 10.0. The van der Waals surface area contributed by atoms with Crippen molar-refractivity contribution < 1.29 is 18.0 Å². The van der Waals surface area contributed by atoms with Crippen LogP contribution < -0.4 is 10.6 Å². The Bertz CT molecular complexity index is 479. The normalized spacial score (nSPS) is 23.1. The molecule has 18 heavy (non-hydrogen) atoms. The molecule has 1 aliphatic heterocycles. The highest BCUT2D eigenvalue weighted by Crippen LogP contribution is 2.22. The minimum atomic E-state index is -1.28. The zero-order valence-corrected chi connectivity index (χ0v) is 9.77. The van der Waals surface area contributed by atoms with E-state index in [0.717, 1.165) is 0 Å². The summed E-state index contributed by atoms with van der Waals surface area (Å²) in [5.41, 5.74) is -0.335. The van der Waals surface area contributed by atoms with Crippen LogP contribution in [0.5, 0.6) is 0 Å². The first-order valence-corrected chi connectivity index (χ1v) is 5.68. The Morgan fingerprint density at radius 2 is 1.94 bits per heavy atom. The van der Waals surface area contributed by atoms with E-state index in [1.807, 2.05) is 6.92 Å². The first kappa shape index (κ1) is 12.9. The molecule has 0 spiro atoms. The maximum atomic E-state index is 13.3. The van der Waals surface area contributed by atoms with Crippen molar-refractivity contribution in [2.45, 2.75) is 19.4 Å². The molecule has 6 heteroatoms. The van der Waals surface area contributed by atoms with Crippen LogP contribution in [0.2, 0.25) is 0 Å². The lowest BCUT2D eigenvalue weighted by Crippen LogP contribution is -2.32. The standard InChI is InChI=1S/C12H13F3N2O/c1-6-7(2-3-16-6)12(18)17-11-5-9(14)8(13)4-10(11)15/h4-7,16H,2-3H2,1H3,(H,17,18). The molecule has 3 nitrogen and oxygen atoms in total. The van der Waals surface area contributed by atoms with Crippen molar-refractivity contribution >= 4 is 11.6 Å². The second-order valence-corrected chi connectivity index (χ2v) is 4.37. The molecule has 1 fully saturated rings. The number of carbonyl (C=O) groups excluding carboxylic acids is 1. The molecule has 1 heterocycles. The molecule has 1 amide bonds. The number of amides is 1. The Kier molecular flexibility index (Phi) is 3.56. The van der Waals surface area contributed by atoms with Crippen molar-refractivity contribution in [3.05, 3.63) is 29.6 Å². The van der Waals surface area contributed by atoms with E-state index in [1.54, 1.807) is 0 Å². The predicted molar refractivity (Wildman–Crippen MR) is 60.5 cm³/mol. The first-order chi connectivity index (χ1) is 8.49. The van der Waals surface area contributed by atoms with Gasteiger partial charge >= 0.3 is 0 Å². The van der Waals surface area contributed by atoms with Gasteiger partial charge in [0.05, 0.1) is 11.6 Å². The molecular formula is C12H13F3N2O. The number of halogens is 3. The summed E-state index contributed by atoms with van der Waals surface area (Å²) in [4.78, 5) is 11.8. The molecule has 0 aliphatic carbocycles. The highest BCUT2D eigenvalue weighted by Gasteiger charge is 2.29. The third-order valence-electron chi connectivity index (χ3n) is 3.13. The van der Waals surface area contributed by atoms with E-state index < -0.39 is 23.4 Å². The van der Waals surface area contributed by atoms with Crippen LogP contribution in [0.3, 0.4) is 0 Å². The van der Waals surface area contributed by atoms with Crippen LogP contribution in [0, 0.1) is 23.4 Å². The summed E-state index contributed by atoms with van der Waals surface area (Å²) in [7, 11) is 0. The first-order valence-electron chi connectivity index (χ1n) is 5.68. The maximum absolute atomic E-state index is 13.3. The molecule has 1 aromatic carbocycles. The highest BCUT2D eigenvalue weighted by molar-refractivity contribution is 5.93. The van der Waals surface area contributed by atoms with E-state index in [9.17, 15) is 18.0 Å². The van der Waals surface area contributed by atoms with Crippen LogP contribution in [0.4, 0.5) is 18.9 Å². The van der Waals surface area contributed by atoms with Crippen LogP contribution in [-0.2, 0) is 4.79 Å². The number of nitrogens with one attached hydrogen (secondary N) is 2. The number of benzene rings is 1.